The van der Waals surface area contributed by atoms with E-state index in [-0.39, 0.29) is 6.04 Å². The molecule has 0 aliphatic heterocycles. The maximum absolute atomic E-state index is 12.5. The fraction of sp³-hybridized carbons (Fsp3) is 0.600. The van der Waals surface area contributed by atoms with E-state index in [4.69, 9.17) is 0 Å². The second-order valence-electron chi connectivity index (χ2n) is 5.67. The van der Waals surface area contributed by atoms with Crippen LogP contribution in [0.25, 0.3) is 0 Å². The van der Waals surface area contributed by atoms with Gasteiger partial charge in [0.25, 0.3) is 0 Å². The fourth-order valence-corrected chi connectivity index (χ4v) is 4.28. The maximum atomic E-state index is 12.5. The molecule has 5 heteroatoms. The van der Waals surface area contributed by atoms with Gasteiger partial charge in [-0.05, 0) is 56.8 Å². The summed E-state index contributed by atoms with van der Waals surface area (Å²) in [5.41, 5.74) is 1.85. The average molecular weight is 296 g/mol. The topological polar surface area (TPSA) is 58.2 Å². The molecule has 0 saturated heterocycles. The summed E-state index contributed by atoms with van der Waals surface area (Å²) in [7, 11) is -1.57. The van der Waals surface area contributed by atoms with Gasteiger partial charge >= 0.3 is 0 Å². The Hall–Kier alpha value is -0.910. The molecule has 0 amide bonds. The molecule has 112 valence electrons. The molecule has 1 fully saturated rings. The first kappa shape index (κ1) is 15.5. The minimum atomic E-state index is -3.43. The van der Waals surface area contributed by atoms with E-state index < -0.39 is 10.0 Å². The summed E-state index contributed by atoms with van der Waals surface area (Å²) in [5, 5.41) is 3.07. The van der Waals surface area contributed by atoms with E-state index in [0.29, 0.717) is 17.4 Å². The summed E-state index contributed by atoms with van der Waals surface area (Å²) < 4.78 is 27.9. The first-order valence-electron chi connectivity index (χ1n) is 7.21. The minimum absolute atomic E-state index is 0.0149. The second kappa shape index (κ2) is 6.24. The van der Waals surface area contributed by atoms with Crippen molar-refractivity contribution in [3.05, 3.63) is 29.3 Å². The van der Waals surface area contributed by atoms with Crippen LogP contribution in [-0.2, 0) is 16.6 Å². The number of rotatable bonds is 6. The van der Waals surface area contributed by atoms with E-state index in [0.717, 1.165) is 24.0 Å². The number of benzene rings is 1. The van der Waals surface area contributed by atoms with Crippen molar-refractivity contribution in [1.82, 2.24) is 10.0 Å². The Balaban J connectivity index is 2.22. The third-order valence-corrected chi connectivity index (χ3v) is 5.95. The van der Waals surface area contributed by atoms with Gasteiger partial charge in [-0.1, -0.05) is 18.6 Å². The van der Waals surface area contributed by atoms with Crippen LogP contribution in [0.3, 0.4) is 0 Å². The standard InChI is InChI=1S/C15H24N2O2S/c1-11-14(10-16-3)8-5-9-15(11)20(18,19)17-12(2)13-6-4-7-13/h5,8-9,12-13,16-17H,4,6-7,10H2,1-3H3. The lowest BCUT2D eigenvalue weighted by Crippen LogP contribution is -2.40. The van der Waals surface area contributed by atoms with Crippen molar-refractivity contribution >= 4 is 10.0 Å². The summed E-state index contributed by atoms with van der Waals surface area (Å²) in [5.74, 6) is 0.491. The molecule has 1 aliphatic carbocycles. The van der Waals surface area contributed by atoms with Gasteiger partial charge in [0, 0.05) is 12.6 Å². The predicted molar refractivity (Wildman–Crippen MR) is 81.1 cm³/mol. The van der Waals surface area contributed by atoms with Crippen LogP contribution in [-0.4, -0.2) is 21.5 Å². The number of hydrogen-bond donors (Lipinski definition) is 2. The van der Waals surface area contributed by atoms with Gasteiger partial charge in [-0.2, -0.15) is 0 Å². The van der Waals surface area contributed by atoms with Gasteiger partial charge in [-0.15, -0.1) is 0 Å². The van der Waals surface area contributed by atoms with E-state index in [1.807, 2.05) is 33.0 Å². The molecule has 4 nitrogen and oxygen atoms in total. The Morgan fingerprint density at radius 1 is 1.35 bits per heavy atom. The number of hydrogen-bond acceptors (Lipinski definition) is 3. The molecule has 0 heterocycles. The Labute approximate surface area is 122 Å². The van der Waals surface area contributed by atoms with Gasteiger partial charge in [-0.3, -0.25) is 0 Å². The Morgan fingerprint density at radius 2 is 2.05 bits per heavy atom. The quantitative estimate of drug-likeness (QED) is 0.846. The zero-order valence-corrected chi connectivity index (χ0v) is 13.3. The van der Waals surface area contributed by atoms with E-state index in [1.165, 1.54) is 6.42 Å². The van der Waals surface area contributed by atoms with Gasteiger partial charge in [0.2, 0.25) is 10.0 Å². The lowest BCUT2D eigenvalue weighted by molar-refractivity contribution is 0.260. The fourth-order valence-electron chi connectivity index (χ4n) is 2.68. The van der Waals surface area contributed by atoms with E-state index >= 15 is 0 Å². The Morgan fingerprint density at radius 3 is 2.60 bits per heavy atom. The molecule has 0 radical (unpaired) electrons. The van der Waals surface area contributed by atoms with Crippen LogP contribution in [0.1, 0.15) is 37.3 Å². The van der Waals surface area contributed by atoms with Crippen molar-refractivity contribution in [2.75, 3.05) is 7.05 Å². The Kier molecular flexibility index (Phi) is 4.83. The summed E-state index contributed by atoms with van der Waals surface area (Å²) in [6.07, 6.45) is 3.47. The third-order valence-electron chi connectivity index (χ3n) is 4.25. The van der Waals surface area contributed by atoms with Crippen LogP contribution in [0.15, 0.2) is 23.1 Å². The van der Waals surface area contributed by atoms with Crippen LogP contribution in [0.4, 0.5) is 0 Å². The van der Waals surface area contributed by atoms with Crippen LogP contribution < -0.4 is 10.0 Å². The van der Waals surface area contributed by atoms with Crippen molar-refractivity contribution in [3.8, 4) is 0 Å². The molecular weight excluding hydrogens is 272 g/mol. The zero-order valence-electron chi connectivity index (χ0n) is 12.4. The first-order chi connectivity index (χ1) is 9.45. The molecular formula is C15H24N2O2S. The molecule has 1 aromatic rings. The predicted octanol–water partition coefficient (Wildman–Crippen LogP) is 2.18. The monoisotopic (exact) mass is 296 g/mol. The van der Waals surface area contributed by atoms with Crippen molar-refractivity contribution in [2.24, 2.45) is 5.92 Å². The highest BCUT2D eigenvalue weighted by Gasteiger charge is 2.28. The highest BCUT2D eigenvalue weighted by atomic mass is 32.2. The lowest BCUT2D eigenvalue weighted by atomic mass is 9.81. The summed E-state index contributed by atoms with van der Waals surface area (Å²) in [4.78, 5) is 0.399. The van der Waals surface area contributed by atoms with Crippen molar-refractivity contribution < 1.29 is 8.42 Å². The van der Waals surface area contributed by atoms with Crippen LogP contribution in [0.5, 0.6) is 0 Å². The largest absolute Gasteiger partial charge is 0.316 e. The lowest BCUT2D eigenvalue weighted by Gasteiger charge is -2.31. The SMILES string of the molecule is CNCc1cccc(S(=O)(=O)NC(C)C2CCC2)c1C. The number of sulfonamides is 1. The van der Waals surface area contributed by atoms with Gasteiger partial charge in [0.1, 0.15) is 0 Å². The molecule has 1 atom stereocenters. The molecule has 1 aliphatic rings. The molecule has 20 heavy (non-hydrogen) atoms. The molecule has 2 rings (SSSR count). The van der Waals surface area contributed by atoms with Gasteiger partial charge < -0.3 is 5.32 Å². The second-order valence-corrected chi connectivity index (χ2v) is 7.35. The van der Waals surface area contributed by atoms with E-state index in [2.05, 4.69) is 10.0 Å². The first-order valence-corrected chi connectivity index (χ1v) is 8.69. The normalized spacial score (nSPS) is 17.8. The maximum Gasteiger partial charge on any atom is 0.241 e. The molecule has 0 spiro atoms. The van der Waals surface area contributed by atoms with Crippen LogP contribution >= 0.6 is 0 Å². The molecule has 0 aromatic heterocycles. The summed E-state index contributed by atoms with van der Waals surface area (Å²) in [6.45, 7) is 4.51. The van der Waals surface area contributed by atoms with Gasteiger partial charge in [0.05, 0.1) is 4.90 Å². The van der Waals surface area contributed by atoms with Crippen LogP contribution in [0, 0.1) is 12.8 Å². The Bertz CT molecular complexity index is 565. The highest BCUT2D eigenvalue weighted by Crippen LogP contribution is 2.30. The van der Waals surface area contributed by atoms with Crippen molar-refractivity contribution in [2.45, 2.75) is 50.6 Å². The summed E-state index contributed by atoms with van der Waals surface area (Å²) >= 11 is 0. The molecule has 1 aromatic carbocycles. The molecule has 2 N–H and O–H groups in total. The van der Waals surface area contributed by atoms with Gasteiger partial charge in [0.15, 0.2) is 0 Å². The van der Waals surface area contributed by atoms with Crippen molar-refractivity contribution in [1.29, 1.82) is 0 Å². The molecule has 0 bridgehead atoms. The minimum Gasteiger partial charge on any atom is -0.316 e. The summed E-state index contributed by atoms with van der Waals surface area (Å²) in [6, 6.07) is 5.47. The van der Waals surface area contributed by atoms with E-state index in [9.17, 15) is 8.42 Å². The van der Waals surface area contributed by atoms with Crippen LogP contribution in [0.2, 0.25) is 0 Å². The van der Waals surface area contributed by atoms with E-state index in [1.54, 1.807) is 6.07 Å². The average Bonchev–Trinajstić information content (AvgIpc) is 2.28. The molecule has 1 unspecified atom stereocenters. The zero-order chi connectivity index (χ0) is 14.8. The highest BCUT2D eigenvalue weighted by molar-refractivity contribution is 7.89. The molecule has 1 saturated carbocycles. The van der Waals surface area contributed by atoms with Gasteiger partial charge in [-0.25, -0.2) is 13.1 Å². The number of nitrogens with one attached hydrogen (secondary N) is 2. The van der Waals surface area contributed by atoms with Crippen molar-refractivity contribution in [3.63, 3.8) is 0 Å². The third kappa shape index (κ3) is 3.22. The smallest absolute Gasteiger partial charge is 0.241 e.